The van der Waals surface area contributed by atoms with Gasteiger partial charge in [-0.25, -0.2) is 0 Å². The molecule has 3 N–H and O–H groups in total. The van der Waals surface area contributed by atoms with Crippen LogP contribution in [-0.4, -0.2) is 31.0 Å². The molecule has 1 fully saturated rings. The molecule has 0 radical (unpaired) electrons. The molecule has 2 rings (SSSR count). The molecule has 5 heteroatoms. The summed E-state index contributed by atoms with van der Waals surface area (Å²) in [7, 11) is 3.88. The molecule has 1 aliphatic rings. The Labute approximate surface area is 114 Å². The second-order valence-electron chi connectivity index (χ2n) is 5.33. The van der Waals surface area contributed by atoms with Crippen LogP contribution in [0.15, 0.2) is 18.5 Å². The normalized spacial score (nSPS) is 22.9. The minimum Gasteiger partial charge on any atom is -0.376 e. The van der Waals surface area contributed by atoms with Crippen molar-refractivity contribution in [3.63, 3.8) is 0 Å². The minimum atomic E-state index is -0.0797. The van der Waals surface area contributed by atoms with Crippen molar-refractivity contribution < 1.29 is 4.79 Å². The van der Waals surface area contributed by atoms with E-state index in [1.807, 2.05) is 25.1 Å². The van der Waals surface area contributed by atoms with Gasteiger partial charge >= 0.3 is 0 Å². The van der Waals surface area contributed by atoms with Crippen LogP contribution in [0.4, 0.5) is 11.4 Å². The predicted octanol–water partition coefficient (Wildman–Crippen LogP) is 1.60. The van der Waals surface area contributed by atoms with E-state index >= 15 is 0 Å². The van der Waals surface area contributed by atoms with Crippen molar-refractivity contribution in [3.05, 3.63) is 18.5 Å². The van der Waals surface area contributed by atoms with Crippen molar-refractivity contribution in [2.24, 2.45) is 11.7 Å². The molecule has 1 aliphatic carbocycles. The van der Waals surface area contributed by atoms with Gasteiger partial charge in [0.15, 0.2) is 0 Å². The summed E-state index contributed by atoms with van der Waals surface area (Å²) in [6.07, 6.45) is 7.43. The lowest BCUT2D eigenvalue weighted by atomic mass is 9.84. The van der Waals surface area contributed by atoms with Gasteiger partial charge in [-0.15, -0.1) is 0 Å². The molecule has 1 aromatic rings. The first-order valence-electron chi connectivity index (χ1n) is 6.77. The predicted molar refractivity (Wildman–Crippen MR) is 77.1 cm³/mol. The molecule has 0 saturated heterocycles. The number of nitrogens with one attached hydrogen (secondary N) is 1. The third-order valence-corrected chi connectivity index (χ3v) is 3.69. The van der Waals surface area contributed by atoms with Gasteiger partial charge in [-0.2, -0.15) is 0 Å². The summed E-state index contributed by atoms with van der Waals surface area (Å²) >= 11 is 0. The number of hydrogen-bond acceptors (Lipinski definition) is 4. The van der Waals surface area contributed by atoms with E-state index in [0.29, 0.717) is 0 Å². The van der Waals surface area contributed by atoms with Crippen LogP contribution in [0, 0.1) is 5.92 Å². The Bertz CT molecular complexity index is 447. The van der Waals surface area contributed by atoms with Gasteiger partial charge in [0.05, 0.1) is 23.5 Å². The van der Waals surface area contributed by atoms with Crippen LogP contribution in [0.1, 0.15) is 25.7 Å². The number of hydrogen-bond donors (Lipinski definition) is 2. The zero-order valence-electron chi connectivity index (χ0n) is 11.6. The number of nitrogens with zero attached hydrogens (tertiary/aromatic N) is 2. The van der Waals surface area contributed by atoms with Gasteiger partial charge in [0.2, 0.25) is 5.91 Å². The molecule has 1 aromatic heterocycles. The largest absolute Gasteiger partial charge is 0.376 e. The average molecular weight is 262 g/mol. The van der Waals surface area contributed by atoms with Gasteiger partial charge in [0, 0.05) is 26.3 Å². The summed E-state index contributed by atoms with van der Waals surface area (Å²) in [6, 6.07) is 1.87. The second kappa shape index (κ2) is 6.02. The Morgan fingerprint density at radius 3 is 2.84 bits per heavy atom. The number of pyridine rings is 1. The molecule has 1 amide bonds. The number of carbonyl (C=O) groups is 1. The highest BCUT2D eigenvalue weighted by Crippen LogP contribution is 2.27. The highest BCUT2D eigenvalue weighted by atomic mass is 16.1. The van der Waals surface area contributed by atoms with Crippen LogP contribution >= 0.6 is 0 Å². The topological polar surface area (TPSA) is 71.2 Å². The molecule has 0 aliphatic heterocycles. The highest BCUT2D eigenvalue weighted by Gasteiger charge is 2.28. The van der Waals surface area contributed by atoms with Crippen LogP contribution in [0.25, 0.3) is 0 Å². The molecule has 5 nitrogen and oxygen atoms in total. The van der Waals surface area contributed by atoms with Crippen LogP contribution in [0.3, 0.4) is 0 Å². The monoisotopic (exact) mass is 262 g/mol. The van der Waals surface area contributed by atoms with Crippen LogP contribution in [-0.2, 0) is 4.79 Å². The molecule has 0 spiro atoms. The van der Waals surface area contributed by atoms with Crippen molar-refractivity contribution in [3.8, 4) is 0 Å². The fraction of sp³-hybridized carbons (Fsp3) is 0.571. The van der Waals surface area contributed by atoms with Crippen LogP contribution in [0.2, 0.25) is 0 Å². The first-order chi connectivity index (χ1) is 9.09. The Hall–Kier alpha value is -1.62. The maximum absolute atomic E-state index is 12.3. The zero-order chi connectivity index (χ0) is 13.8. The minimum absolute atomic E-state index is 0.0169. The lowest BCUT2D eigenvalue weighted by Crippen LogP contribution is -2.40. The Morgan fingerprint density at radius 2 is 2.16 bits per heavy atom. The second-order valence-corrected chi connectivity index (χ2v) is 5.33. The van der Waals surface area contributed by atoms with E-state index in [4.69, 9.17) is 5.73 Å². The quantitative estimate of drug-likeness (QED) is 0.868. The standard InChI is InChI=1S/C14H22N4O/c1-18(2)13-7-8-16-9-12(13)17-14(19)10-5-3-4-6-11(10)15/h7-11H,3-6,15H2,1-2H3,(H,17,19). The molecule has 19 heavy (non-hydrogen) atoms. The molecular weight excluding hydrogens is 240 g/mol. The lowest BCUT2D eigenvalue weighted by molar-refractivity contribution is -0.121. The summed E-state index contributed by atoms with van der Waals surface area (Å²) in [5.74, 6) is -0.0627. The number of aromatic nitrogens is 1. The molecule has 104 valence electrons. The van der Waals surface area contributed by atoms with Crippen molar-refractivity contribution in [1.82, 2.24) is 4.98 Å². The number of anilines is 2. The SMILES string of the molecule is CN(C)c1ccncc1NC(=O)C1CCCCC1N. The third kappa shape index (κ3) is 3.23. The van der Waals surface area contributed by atoms with Crippen LogP contribution < -0.4 is 16.0 Å². The zero-order valence-corrected chi connectivity index (χ0v) is 11.6. The first-order valence-corrected chi connectivity index (χ1v) is 6.77. The van der Waals surface area contributed by atoms with Crippen LogP contribution in [0.5, 0.6) is 0 Å². The molecule has 2 unspecified atom stereocenters. The third-order valence-electron chi connectivity index (χ3n) is 3.69. The molecular formula is C14H22N4O. The number of nitrogens with two attached hydrogens (primary N) is 1. The summed E-state index contributed by atoms with van der Waals surface area (Å²) in [6.45, 7) is 0. The fourth-order valence-corrected chi connectivity index (χ4v) is 2.58. The van der Waals surface area contributed by atoms with E-state index in [9.17, 15) is 4.79 Å². The molecule has 2 atom stereocenters. The van der Waals surface area contributed by atoms with Gasteiger partial charge in [-0.1, -0.05) is 12.8 Å². The Balaban J connectivity index is 2.10. The van der Waals surface area contributed by atoms with Crippen molar-refractivity contribution in [2.45, 2.75) is 31.7 Å². The van der Waals surface area contributed by atoms with Crippen molar-refractivity contribution in [1.29, 1.82) is 0 Å². The van der Waals surface area contributed by atoms with Crippen molar-refractivity contribution >= 4 is 17.3 Å². The van der Waals surface area contributed by atoms with E-state index in [-0.39, 0.29) is 17.9 Å². The van der Waals surface area contributed by atoms with E-state index in [2.05, 4.69) is 10.3 Å². The van der Waals surface area contributed by atoms with Gasteiger partial charge in [-0.3, -0.25) is 9.78 Å². The van der Waals surface area contributed by atoms with E-state index < -0.39 is 0 Å². The Kier molecular flexibility index (Phi) is 4.37. The molecule has 1 saturated carbocycles. The lowest BCUT2D eigenvalue weighted by Gasteiger charge is -2.28. The summed E-state index contributed by atoms with van der Waals surface area (Å²) < 4.78 is 0. The average Bonchev–Trinajstić information content (AvgIpc) is 2.39. The summed E-state index contributed by atoms with van der Waals surface area (Å²) in [5.41, 5.74) is 7.74. The van der Waals surface area contributed by atoms with E-state index in [0.717, 1.165) is 37.1 Å². The number of carbonyl (C=O) groups excluding carboxylic acids is 1. The van der Waals surface area contributed by atoms with Crippen molar-refractivity contribution in [2.75, 3.05) is 24.3 Å². The van der Waals surface area contributed by atoms with Gasteiger partial charge in [-0.05, 0) is 18.9 Å². The summed E-state index contributed by atoms with van der Waals surface area (Å²) in [5, 5.41) is 2.97. The maximum atomic E-state index is 12.3. The van der Waals surface area contributed by atoms with E-state index in [1.165, 1.54) is 0 Å². The van der Waals surface area contributed by atoms with Gasteiger partial charge < -0.3 is 16.0 Å². The Morgan fingerprint density at radius 1 is 1.42 bits per heavy atom. The summed E-state index contributed by atoms with van der Waals surface area (Å²) in [4.78, 5) is 18.3. The number of amides is 1. The fourth-order valence-electron chi connectivity index (χ4n) is 2.58. The highest BCUT2D eigenvalue weighted by molar-refractivity contribution is 5.96. The van der Waals surface area contributed by atoms with Gasteiger partial charge in [0.1, 0.15) is 0 Å². The molecule has 0 bridgehead atoms. The van der Waals surface area contributed by atoms with Gasteiger partial charge in [0.25, 0.3) is 0 Å². The smallest absolute Gasteiger partial charge is 0.229 e. The molecule has 1 heterocycles. The molecule has 0 aromatic carbocycles. The maximum Gasteiger partial charge on any atom is 0.229 e. The first kappa shape index (κ1) is 13.8. The number of rotatable bonds is 3. The van der Waals surface area contributed by atoms with E-state index in [1.54, 1.807) is 12.4 Å².